The number of quaternary nitrogens is 1. The number of esters is 2. The van der Waals surface area contributed by atoms with Crippen molar-refractivity contribution in [3.05, 3.63) is 97.2 Å². The van der Waals surface area contributed by atoms with Crippen molar-refractivity contribution in [3.8, 4) is 0 Å². The third kappa shape index (κ3) is 47.1. The van der Waals surface area contributed by atoms with Gasteiger partial charge in [-0.1, -0.05) is 195 Å². The first kappa shape index (κ1) is 63.2. The molecule has 8 nitrogen and oxygen atoms in total. The van der Waals surface area contributed by atoms with Crippen LogP contribution in [-0.4, -0.2) is 80.6 Å². The largest absolute Gasteiger partial charge is 0.477 e. The summed E-state index contributed by atoms with van der Waals surface area (Å²) in [6.45, 7) is 4.50. The van der Waals surface area contributed by atoms with Crippen molar-refractivity contribution >= 4 is 17.9 Å². The number of hydrogen-bond donors (Lipinski definition) is 1. The average Bonchev–Trinajstić information content (AvgIpc) is 3.29. The fourth-order valence-corrected chi connectivity index (χ4v) is 7.43. The number of carbonyl (C=O) groups is 3. The van der Waals surface area contributed by atoms with Gasteiger partial charge < -0.3 is 23.8 Å². The molecule has 0 aliphatic carbocycles. The SMILES string of the molecule is CC/C=C/C/C=C/C/C=C/C/C=C/CCCCCCCCCCCCC(=O)OC(COCCC(C(=O)O)[N+](C)(C)C)COC(=O)CCCCCCCCC/C=C/C/C=C/C/C=C/C/C=C/CC. The van der Waals surface area contributed by atoms with E-state index in [9.17, 15) is 19.5 Å². The summed E-state index contributed by atoms with van der Waals surface area (Å²) in [5.74, 6) is -1.49. The summed E-state index contributed by atoms with van der Waals surface area (Å²) < 4.78 is 17.4. The molecule has 2 unspecified atom stereocenters. The third-order valence-electron chi connectivity index (χ3n) is 11.5. The second kappa shape index (κ2) is 48.7. The molecular formula is C59H100NO7+. The molecule has 0 spiro atoms. The minimum Gasteiger partial charge on any atom is -0.477 e. The Morgan fingerprint density at radius 3 is 1.16 bits per heavy atom. The number of carboxylic acid groups (broad SMARTS) is 1. The molecule has 0 aliphatic heterocycles. The van der Waals surface area contributed by atoms with Gasteiger partial charge >= 0.3 is 17.9 Å². The van der Waals surface area contributed by atoms with Crippen molar-refractivity contribution in [2.45, 2.75) is 219 Å². The highest BCUT2D eigenvalue weighted by molar-refractivity contribution is 5.72. The van der Waals surface area contributed by atoms with Crippen LogP contribution in [0.15, 0.2) is 97.2 Å². The van der Waals surface area contributed by atoms with Gasteiger partial charge in [0.25, 0.3) is 0 Å². The maximum Gasteiger partial charge on any atom is 0.362 e. The lowest BCUT2D eigenvalue weighted by Gasteiger charge is -2.31. The first-order valence-corrected chi connectivity index (χ1v) is 26.8. The van der Waals surface area contributed by atoms with E-state index in [0.29, 0.717) is 19.3 Å². The van der Waals surface area contributed by atoms with E-state index in [4.69, 9.17) is 14.2 Å². The number of aliphatic carboxylic acids is 1. The van der Waals surface area contributed by atoms with Crippen LogP contribution in [0.4, 0.5) is 0 Å². The lowest BCUT2D eigenvalue weighted by molar-refractivity contribution is -0.887. The molecule has 0 saturated heterocycles. The van der Waals surface area contributed by atoms with Crippen LogP contribution in [0.1, 0.15) is 206 Å². The summed E-state index contributed by atoms with van der Waals surface area (Å²) in [6.07, 6.45) is 66.0. The van der Waals surface area contributed by atoms with Gasteiger partial charge in [0.15, 0.2) is 12.1 Å². The van der Waals surface area contributed by atoms with E-state index in [-0.39, 0.29) is 36.2 Å². The van der Waals surface area contributed by atoms with E-state index in [1.807, 2.05) is 21.1 Å². The van der Waals surface area contributed by atoms with Gasteiger partial charge in [0.05, 0.1) is 34.4 Å². The molecule has 0 aromatic carbocycles. The Hall–Kier alpha value is -3.75. The molecule has 0 bridgehead atoms. The Kier molecular flexibility index (Phi) is 46.0. The first-order chi connectivity index (χ1) is 32.6. The van der Waals surface area contributed by atoms with Crippen LogP contribution in [0, 0.1) is 0 Å². The standard InChI is InChI=1S/C59H99NO7/c1-6-8-10-12-14-16-18-20-22-24-26-28-29-30-32-34-36-38-40-42-44-46-48-50-58(62)67-55(53-65-52-51-56(59(63)64)60(3,4)5)54-66-57(61)49-47-45-43-41-39-37-35-33-31-27-25-23-21-19-17-15-13-11-9-7-2/h8-11,14-17,20-23,26-28,31,55-56H,6-7,12-13,18-19,24-25,29-30,32-54H2,1-5H3/p+1/b10-8+,11-9+,16-14+,17-15+,22-20+,23-21+,28-26+,31-27+. The molecule has 8 heteroatoms. The van der Waals surface area contributed by atoms with Gasteiger partial charge in [0.2, 0.25) is 0 Å². The van der Waals surface area contributed by atoms with E-state index in [1.165, 1.54) is 77.0 Å². The van der Waals surface area contributed by atoms with Crippen LogP contribution < -0.4 is 0 Å². The van der Waals surface area contributed by atoms with Crippen molar-refractivity contribution in [1.29, 1.82) is 0 Å². The van der Waals surface area contributed by atoms with E-state index < -0.39 is 18.1 Å². The van der Waals surface area contributed by atoms with Crippen molar-refractivity contribution in [2.75, 3.05) is 41.0 Å². The second-order valence-corrected chi connectivity index (χ2v) is 18.7. The molecule has 0 aromatic heterocycles. The smallest absolute Gasteiger partial charge is 0.362 e. The fraction of sp³-hybridized carbons (Fsp3) is 0.678. The van der Waals surface area contributed by atoms with Crippen molar-refractivity contribution in [2.24, 2.45) is 0 Å². The first-order valence-electron chi connectivity index (χ1n) is 26.8. The van der Waals surface area contributed by atoms with Gasteiger partial charge in [-0.05, 0) is 89.9 Å². The molecule has 382 valence electrons. The Labute approximate surface area is 411 Å². The lowest BCUT2D eigenvalue weighted by Crippen LogP contribution is -2.50. The van der Waals surface area contributed by atoms with Crippen LogP contribution in [0.25, 0.3) is 0 Å². The van der Waals surface area contributed by atoms with Gasteiger partial charge in [-0.25, -0.2) is 4.79 Å². The number of hydrogen-bond acceptors (Lipinski definition) is 6. The summed E-state index contributed by atoms with van der Waals surface area (Å²) in [7, 11) is 5.53. The zero-order valence-electron chi connectivity index (χ0n) is 43.6. The number of likely N-dealkylation sites (N-methyl/N-ethyl adjacent to an activating group) is 1. The minimum atomic E-state index is -0.880. The van der Waals surface area contributed by atoms with Gasteiger partial charge in [-0.3, -0.25) is 9.59 Å². The van der Waals surface area contributed by atoms with E-state index >= 15 is 0 Å². The number of rotatable bonds is 47. The summed E-state index contributed by atoms with van der Waals surface area (Å²) in [5.41, 5.74) is 0. The third-order valence-corrected chi connectivity index (χ3v) is 11.5. The fourth-order valence-electron chi connectivity index (χ4n) is 7.43. The number of ether oxygens (including phenoxy) is 3. The number of nitrogens with zero attached hydrogens (tertiary/aromatic N) is 1. The van der Waals surface area contributed by atoms with Crippen molar-refractivity contribution in [1.82, 2.24) is 0 Å². The zero-order chi connectivity index (χ0) is 49.2. The molecule has 0 amide bonds. The summed E-state index contributed by atoms with van der Waals surface area (Å²) in [6, 6.07) is -0.623. The molecule has 0 saturated carbocycles. The second-order valence-electron chi connectivity index (χ2n) is 18.7. The molecule has 67 heavy (non-hydrogen) atoms. The number of unbranched alkanes of at least 4 members (excludes halogenated alkanes) is 17. The number of carboxylic acids is 1. The molecule has 0 heterocycles. The van der Waals surface area contributed by atoms with Crippen molar-refractivity contribution in [3.63, 3.8) is 0 Å². The monoisotopic (exact) mass is 935 g/mol. The highest BCUT2D eigenvalue weighted by atomic mass is 16.6. The number of carbonyl (C=O) groups excluding carboxylic acids is 2. The van der Waals surface area contributed by atoms with Gasteiger partial charge in [0, 0.05) is 19.3 Å². The molecule has 0 radical (unpaired) electrons. The normalized spacial score (nSPS) is 13.6. The number of allylic oxidation sites excluding steroid dienone is 16. The molecule has 0 aromatic rings. The molecule has 1 N–H and O–H groups in total. The zero-order valence-corrected chi connectivity index (χ0v) is 43.6. The van der Waals surface area contributed by atoms with Crippen LogP contribution in [-0.2, 0) is 28.6 Å². The molecule has 0 rings (SSSR count). The molecular weight excluding hydrogens is 835 g/mol. The maximum absolute atomic E-state index is 12.8. The highest BCUT2D eigenvalue weighted by Crippen LogP contribution is 2.15. The summed E-state index contributed by atoms with van der Waals surface area (Å²) >= 11 is 0. The topological polar surface area (TPSA) is 99.1 Å². The predicted octanol–water partition coefficient (Wildman–Crippen LogP) is 15.8. The van der Waals surface area contributed by atoms with E-state index in [0.717, 1.165) is 96.3 Å². The minimum absolute atomic E-state index is 0.0508. The van der Waals surface area contributed by atoms with Crippen LogP contribution >= 0.6 is 0 Å². The van der Waals surface area contributed by atoms with Crippen LogP contribution in [0.3, 0.4) is 0 Å². The Morgan fingerprint density at radius 2 is 0.791 bits per heavy atom. The molecule has 0 aliphatic rings. The van der Waals surface area contributed by atoms with Gasteiger partial charge in [-0.15, -0.1) is 0 Å². The van der Waals surface area contributed by atoms with E-state index in [2.05, 4.69) is 111 Å². The predicted molar refractivity (Wildman–Crippen MR) is 284 cm³/mol. The Bertz CT molecular complexity index is 1410. The lowest BCUT2D eigenvalue weighted by atomic mass is 10.0. The average molecular weight is 935 g/mol. The van der Waals surface area contributed by atoms with Crippen molar-refractivity contribution < 1.29 is 38.2 Å². The Balaban J connectivity index is 4.26. The Morgan fingerprint density at radius 1 is 0.448 bits per heavy atom. The van der Waals surface area contributed by atoms with Gasteiger partial charge in [-0.2, -0.15) is 0 Å². The quantitative estimate of drug-likeness (QED) is 0.0281. The van der Waals surface area contributed by atoms with Crippen LogP contribution in [0.5, 0.6) is 0 Å². The van der Waals surface area contributed by atoms with E-state index in [1.54, 1.807) is 0 Å². The highest BCUT2D eigenvalue weighted by Gasteiger charge is 2.31. The maximum atomic E-state index is 12.8. The van der Waals surface area contributed by atoms with Gasteiger partial charge in [0.1, 0.15) is 6.61 Å². The summed E-state index contributed by atoms with van der Waals surface area (Å²) in [5, 5.41) is 9.67. The molecule has 2 atom stereocenters. The molecule has 0 fully saturated rings. The van der Waals surface area contributed by atoms with Crippen LogP contribution in [0.2, 0.25) is 0 Å². The summed E-state index contributed by atoms with van der Waals surface area (Å²) in [4.78, 5) is 37.2.